The minimum atomic E-state index is -5.08. The molecule has 0 saturated carbocycles. The number of amides is 1. The summed E-state index contributed by atoms with van der Waals surface area (Å²) in [6.45, 7) is 8.86. The molecule has 0 aliphatic carbocycles. The number of aromatic nitrogens is 2. The van der Waals surface area contributed by atoms with Gasteiger partial charge in [-0.05, 0) is 32.3 Å². The highest BCUT2D eigenvalue weighted by Crippen LogP contribution is 2.27. The Bertz CT molecular complexity index is 968. The zero-order chi connectivity index (χ0) is 23.5. The van der Waals surface area contributed by atoms with Crippen molar-refractivity contribution in [3.63, 3.8) is 0 Å². The van der Waals surface area contributed by atoms with E-state index >= 15 is 0 Å². The van der Waals surface area contributed by atoms with Gasteiger partial charge in [-0.2, -0.15) is 13.2 Å². The number of hydrogen-bond acceptors (Lipinski definition) is 4. The molecule has 1 atom stereocenters. The Morgan fingerprint density at radius 1 is 1.16 bits per heavy atom. The largest absolute Gasteiger partial charge is 0.490 e. The fourth-order valence-electron chi connectivity index (χ4n) is 3.98. The van der Waals surface area contributed by atoms with E-state index < -0.39 is 12.1 Å². The Hall–Kier alpha value is -2.88. The van der Waals surface area contributed by atoms with Crippen LogP contribution in [0, 0.1) is 6.92 Å². The van der Waals surface area contributed by atoms with Crippen LogP contribution in [0.1, 0.15) is 53.2 Å². The molecule has 3 heterocycles. The summed E-state index contributed by atoms with van der Waals surface area (Å²) >= 11 is 0. The van der Waals surface area contributed by atoms with Gasteiger partial charge in [0.1, 0.15) is 11.5 Å². The van der Waals surface area contributed by atoms with Gasteiger partial charge >= 0.3 is 12.1 Å². The summed E-state index contributed by atoms with van der Waals surface area (Å²) in [6.07, 6.45) is -0.906. The van der Waals surface area contributed by atoms with E-state index in [2.05, 4.69) is 47.6 Å². The minimum absolute atomic E-state index is 0.0943. The Morgan fingerprint density at radius 3 is 2.41 bits per heavy atom. The number of likely N-dealkylation sites (tertiary alicyclic amines) is 1. The highest BCUT2D eigenvalue weighted by molar-refractivity contribution is 5.92. The molecule has 0 spiro atoms. The van der Waals surface area contributed by atoms with Crippen LogP contribution in [0.5, 0.6) is 0 Å². The number of fused-ring (bicyclic) bond motifs is 1. The van der Waals surface area contributed by atoms with Crippen LogP contribution in [-0.4, -0.2) is 62.1 Å². The second-order valence-electron chi connectivity index (χ2n) is 8.12. The first-order valence-corrected chi connectivity index (χ1v) is 10.5. The minimum Gasteiger partial charge on any atom is -0.475 e. The van der Waals surface area contributed by atoms with E-state index in [-0.39, 0.29) is 11.9 Å². The van der Waals surface area contributed by atoms with E-state index in [9.17, 15) is 18.0 Å². The summed E-state index contributed by atoms with van der Waals surface area (Å²) < 4.78 is 33.9. The summed E-state index contributed by atoms with van der Waals surface area (Å²) in [5, 5.41) is 7.12. The molecule has 1 amide bonds. The number of aryl methyl sites for hydroxylation is 1. The lowest BCUT2D eigenvalue weighted by atomic mass is 10.1. The number of carboxylic acid groups (broad SMARTS) is 1. The first-order valence-electron chi connectivity index (χ1n) is 10.5. The van der Waals surface area contributed by atoms with Crippen molar-refractivity contribution in [2.75, 3.05) is 19.6 Å². The maximum absolute atomic E-state index is 12.6. The highest BCUT2D eigenvalue weighted by Gasteiger charge is 2.38. The van der Waals surface area contributed by atoms with E-state index in [1.807, 2.05) is 11.1 Å². The summed E-state index contributed by atoms with van der Waals surface area (Å²) in [5.74, 6) is -1.65. The molecule has 32 heavy (non-hydrogen) atoms. The second kappa shape index (κ2) is 9.72. The topological polar surface area (TPSA) is 78.7 Å². The summed E-state index contributed by atoms with van der Waals surface area (Å²) in [6, 6.07) is 8.90. The van der Waals surface area contributed by atoms with E-state index in [4.69, 9.17) is 14.9 Å². The van der Waals surface area contributed by atoms with Gasteiger partial charge in [0, 0.05) is 38.9 Å². The summed E-state index contributed by atoms with van der Waals surface area (Å²) in [7, 11) is 0. The van der Waals surface area contributed by atoms with Crippen molar-refractivity contribution in [3.05, 3.63) is 53.1 Å². The van der Waals surface area contributed by atoms with Gasteiger partial charge < -0.3 is 14.6 Å². The number of nitrogens with zero attached hydrogens (tertiary/aromatic N) is 4. The summed E-state index contributed by atoms with van der Waals surface area (Å²) in [5.41, 5.74) is 3.24. The van der Waals surface area contributed by atoms with Gasteiger partial charge in [0.05, 0.1) is 6.04 Å². The van der Waals surface area contributed by atoms with Crippen LogP contribution in [-0.2, 0) is 17.9 Å². The Kier molecular flexibility index (Phi) is 7.22. The number of carbonyl (C=O) groups excluding carboxylic acids is 1. The number of halogens is 3. The van der Waals surface area contributed by atoms with Gasteiger partial charge in [-0.3, -0.25) is 9.69 Å². The van der Waals surface area contributed by atoms with Crippen LogP contribution < -0.4 is 0 Å². The number of hydrogen-bond donors (Lipinski definition) is 1. The second-order valence-corrected chi connectivity index (χ2v) is 8.12. The summed E-state index contributed by atoms with van der Waals surface area (Å²) in [4.78, 5) is 30.6. The van der Waals surface area contributed by atoms with Gasteiger partial charge in [-0.15, -0.1) is 0 Å². The van der Waals surface area contributed by atoms with Crippen LogP contribution in [0.15, 0.2) is 30.5 Å². The molecular weight excluding hydrogens is 425 g/mol. The number of rotatable bonds is 3. The SMILES string of the molecule is Cc1cccc(CN2CCn3cc(C(=O)N4CCCC4)nc3C2C)c1.O=C(O)C(F)(F)F. The lowest BCUT2D eigenvalue weighted by Gasteiger charge is -2.33. The molecule has 1 aromatic carbocycles. The van der Waals surface area contributed by atoms with Crippen molar-refractivity contribution in [1.29, 1.82) is 0 Å². The van der Waals surface area contributed by atoms with Crippen LogP contribution in [0.25, 0.3) is 0 Å². The predicted octanol–water partition coefficient (Wildman–Crippen LogP) is 3.64. The lowest BCUT2D eigenvalue weighted by Crippen LogP contribution is -2.36. The molecule has 0 bridgehead atoms. The van der Waals surface area contributed by atoms with E-state index in [0.29, 0.717) is 5.69 Å². The van der Waals surface area contributed by atoms with E-state index in [0.717, 1.165) is 51.4 Å². The lowest BCUT2D eigenvalue weighted by molar-refractivity contribution is -0.192. The van der Waals surface area contributed by atoms with Crippen molar-refractivity contribution in [2.45, 2.75) is 52.0 Å². The molecule has 1 fully saturated rings. The Morgan fingerprint density at radius 2 is 1.81 bits per heavy atom. The van der Waals surface area contributed by atoms with Crippen molar-refractivity contribution in [3.8, 4) is 0 Å². The molecule has 1 N–H and O–H groups in total. The normalized spacial score (nSPS) is 18.7. The number of alkyl halides is 3. The number of carbonyl (C=O) groups is 2. The van der Waals surface area contributed by atoms with Crippen molar-refractivity contribution in [1.82, 2.24) is 19.4 Å². The zero-order valence-electron chi connectivity index (χ0n) is 18.1. The molecule has 1 aromatic heterocycles. The van der Waals surface area contributed by atoms with Crippen LogP contribution in [0.3, 0.4) is 0 Å². The van der Waals surface area contributed by atoms with Crippen LogP contribution in [0.2, 0.25) is 0 Å². The van der Waals surface area contributed by atoms with E-state index in [1.165, 1.54) is 11.1 Å². The third-order valence-corrected chi connectivity index (χ3v) is 5.68. The number of aliphatic carboxylic acids is 1. The van der Waals surface area contributed by atoms with Crippen LogP contribution >= 0.6 is 0 Å². The molecule has 1 saturated heterocycles. The monoisotopic (exact) mass is 452 g/mol. The maximum Gasteiger partial charge on any atom is 0.490 e. The molecule has 2 aliphatic heterocycles. The molecule has 2 aromatic rings. The third kappa shape index (κ3) is 5.67. The maximum atomic E-state index is 12.6. The fraction of sp³-hybridized carbons (Fsp3) is 0.500. The molecule has 2 aliphatic rings. The number of carboxylic acids is 1. The standard InChI is InChI=1S/C20H26N4O.C2HF3O2/c1-15-6-5-7-17(12-15)13-23-10-11-24-14-18(21-19(24)16(23)2)20(25)22-8-3-4-9-22;3-2(4,5)1(6)7/h5-7,12,14,16H,3-4,8-11,13H2,1-2H3;(H,6,7). The van der Waals surface area contributed by atoms with Crippen molar-refractivity contribution in [2.24, 2.45) is 0 Å². The molecule has 10 heteroatoms. The van der Waals surface area contributed by atoms with Crippen molar-refractivity contribution >= 4 is 11.9 Å². The molecule has 4 rings (SSSR count). The van der Waals surface area contributed by atoms with Gasteiger partial charge in [-0.1, -0.05) is 29.8 Å². The number of imidazole rings is 1. The highest BCUT2D eigenvalue weighted by atomic mass is 19.4. The van der Waals surface area contributed by atoms with E-state index in [1.54, 1.807) is 0 Å². The van der Waals surface area contributed by atoms with Crippen LogP contribution in [0.4, 0.5) is 13.2 Å². The average molecular weight is 452 g/mol. The third-order valence-electron chi connectivity index (χ3n) is 5.68. The molecule has 1 unspecified atom stereocenters. The fourth-order valence-corrected chi connectivity index (χ4v) is 3.98. The zero-order valence-corrected chi connectivity index (χ0v) is 18.1. The first kappa shape index (κ1) is 23.8. The van der Waals surface area contributed by atoms with Crippen molar-refractivity contribution < 1.29 is 27.9 Å². The quantitative estimate of drug-likeness (QED) is 0.770. The Balaban J connectivity index is 0.000000360. The number of benzene rings is 1. The van der Waals surface area contributed by atoms with Gasteiger partial charge in [-0.25, -0.2) is 9.78 Å². The smallest absolute Gasteiger partial charge is 0.475 e. The molecule has 0 radical (unpaired) electrons. The van der Waals surface area contributed by atoms with Gasteiger partial charge in [0.15, 0.2) is 0 Å². The molecule has 7 nitrogen and oxygen atoms in total. The van der Waals surface area contributed by atoms with Gasteiger partial charge in [0.2, 0.25) is 0 Å². The Labute approximate surface area is 184 Å². The molecular formula is C22H27F3N4O3. The molecule has 174 valence electrons. The predicted molar refractivity (Wildman–Crippen MR) is 111 cm³/mol. The average Bonchev–Trinajstić information content (AvgIpc) is 3.40. The van der Waals surface area contributed by atoms with Gasteiger partial charge in [0.25, 0.3) is 5.91 Å². The first-order chi connectivity index (χ1) is 15.1.